The van der Waals surface area contributed by atoms with E-state index in [-0.39, 0.29) is 11.8 Å². The molecule has 2 aliphatic rings. The molecule has 2 fully saturated rings. The van der Waals surface area contributed by atoms with Gasteiger partial charge in [0.2, 0.25) is 5.91 Å². The lowest BCUT2D eigenvalue weighted by Crippen LogP contribution is -2.44. The van der Waals surface area contributed by atoms with E-state index in [0.717, 1.165) is 58.8 Å². The Kier molecular flexibility index (Phi) is 5.46. The van der Waals surface area contributed by atoms with E-state index in [4.69, 9.17) is 10.5 Å². The molecule has 0 saturated carbocycles. The third kappa shape index (κ3) is 4.07. The van der Waals surface area contributed by atoms with Gasteiger partial charge in [0, 0.05) is 52.0 Å². The van der Waals surface area contributed by atoms with Gasteiger partial charge in [0.1, 0.15) is 0 Å². The first-order chi connectivity index (χ1) is 10.7. The Hall–Kier alpha value is -0.950. The highest BCUT2D eigenvalue weighted by Crippen LogP contribution is 2.20. The predicted molar refractivity (Wildman–Crippen MR) is 87.7 cm³/mol. The van der Waals surface area contributed by atoms with Crippen LogP contribution in [-0.2, 0) is 16.1 Å². The van der Waals surface area contributed by atoms with Crippen LogP contribution in [0.2, 0.25) is 0 Å². The van der Waals surface area contributed by atoms with Crippen LogP contribution in [0.25, 0.3) is 0 Å². The number of hydrogen-bond acceptors (Lipinski definition) is 5. The van der Waals surface area contributed by atoms with Gasteiger partial charge >= 0.3 is 0 Å². The monoisotopic (exact) mass is 323 g/mol. The van der Waals surface area contributed by atoms with Gasteiger partial charge < -0.3 is 10.5 Å². The van der Waals surface area contributed by atoms with E-state index in [9.17, 15) is 4.79 Å². The molecule has 6 heteroatoms. The van der Waals surface area contributed by atoms with Crippen LogP contribution in [0.15, 0.2) is 16.8 Å². The van der Waals surface area contributed by atoms with Crippen LogP contribution in [0.3, 0.4) is 0 Å². The van der Waals surface area contributed by atoms with Gasteiger partial charge in [0.05, 0.1) is 5.92 Å². The van der Waals surface area contributed by atoms with Crippen LogP contribution in [0.1, 0.15) is 18.4 Å². The minimum atomic E-state index is -0.172. The molecule has 1 aromatic rings. The average Bonchev–Trinajstić information content (AvgIpc) is 2.93. The molecule has 1 amide bonds. The Morgan fingerprint density at radius 2 is 2.14 bits per heavy atom. The van der Waals surface area contributed by atoms with E-state index in [2.05, 4.69) is 26.6 Å². The number of nitrogens with zero attached hydrogens (tertiary/aromatic N) is 2. The first-order valence-electron chi connectivity index (χ1n) is 8.07. The smallest absolute Gasteiger partial charge is 0.223 e. The van der Waals surface area contributed by atoms with Crippen molar-refractivity contribution in [3.8, 4) is 0 Å². The molecular formula is C16H25N3O2S. The van der Waals surface area contributed by atoms with E-state index in [0.29, 0.717) is 6.04 Å². The summed E-state index contributed by atoms with van der Waals surface area (Å²) in [5, 5.41) is 4.29. The minimum absolute atomic E-state index is 0.0796. The standard InChI is InChI=1S/C16H25N3O2S/c17-16(20)14-10-18(9-13-3-8-22-12-13)4-5-19(11-14)15-1-6-21-7-2-15/h3,8,12,14-15H,1-2,4-7,9-11H2,(H2,17,20). The zero-order chi connectivity index (χ0) is 15.4. The summed E-state index contributed by atoms with van der Waals surface area (Å²) in [5.74, 6) is -0.252. The molecule has 0 aliphatic carbocycles. The second-order valence-corrected chi connectivity index (χ2v) is 7.08. The van der Waals surface area contributed by atoms with E-state index >= 15 is 0 Å². The number of thiophene rings is 1. The van der Waals surface area contributed by atoms with Crippen LogP contribution in [0.5, 0.6) is 0 Å². The van der Waals surface area contributed by atoms with E-state index in [1.165, 1.54) is 5.56 Å². The molecule has 1 unspecified atom stereocenters. The number of hydrogen-bond donors (Lipinski definition) is 1. The molecule has 2 saturated heterocycles. The third-order valence-corrected chi connectivity index (χ3v) is 5.46. The summed E-state index contributed by atoms with van der Waals surface area (Å²) in [4.78, 5) is 16.7. The Bertz CT molecular complexity index is 474. The Morgan fingerprint density at radius 3 is 2.82 bits per heavy atom. The van der Waals surface area contributed by atoms with Gasteiger partial charge in [-0.15, -0.1) is 0 Å². The van der Waals surface area contributed by atoms with Crippen molar-refractivity contribution in [3.63, 3.8) is 0 Å². The number of rotatable bonds is 4. The first-order valence-corrected chi connectivity index (χ1v) is 9.01. The maximum Gasteiger partial charge on any atom is 0.223 e. The lowest BCUT2D eigenvalue weighted by Gasteiger charge is -2.34. The van der Waals surface area contributed by atoms with Gasteiger partial charge in [-0.1, -0.05) is 0 Å². The van der Waals surface area contributed by atoms with Crippen LogP contribution >= 0.6 is 11.3 Å². The quantitative estimate of drug-likeness (QED) is 0.903. The van der Waals surface area contributed by atoms with E-state index in [1.807, 2.05) is 0 Å². The van der Waals surface area contributed by atoms with E-state index < -0.39 is 0 Å². The van der Waals surface area contributed by atoms with Crippen molar-refractivity contribution in [2.24, 2.45) is 11.7 Å². The van der Waals surface area contributed by atoms with Crippen molar-refractivity contribution in [1.82, 2.24) is 9.80 Å². The highest BCUT2D eigenvalue weighted by Gasteiger charge is 2.30. The van der Waals surface area contributed by atoms with Gasteiger partial charge in [-0.2, -0.15) is 11.3 Å². The maximum atomic E-state index is 11.8. The van der Waals surface area contributed by atoms with Crippen LogP contribution in [-0.4, -0.2) is 61.1 Å². The molecule has 2 N–H and O–H groups in total. The lowest BCUT2D eigenvalue weighted by molar-refractivity contribution is -0.122. The number of carbonyl (C=O) groups excluding carboxylic acids is 1. The molecule has 2 aliphatic heterocycles. The van der Waals surface area contributed by atoms with Gasteiger partial charge in [0.25, 0.3) is 0 Å². The summed E-state index contributed by atoms with van der Waals surface area (Å²) in [6, 6.07) is 2.70. The Balaban J connectivity index is 1.65. The summed E-state index contributed by atoms with van der Waals surface area (Å²) in [7, 11) is 0. The fraction of sp³-hybridized carbons (Fsp3) is 0.688. The molecule has 3 heterocycles. The van der Waals surface area contributed by atoms with Crippen LogP contribution in [0, 0.1) is 5.92 Å². The number of primary amides is 1. The fourth-order valence-corrected chi connectivity index (χ4v) is 4.11. The van der Waals surface area contributed by atoms with E-state index in [1.54, 1.807) is 11.3 Å². The van der Waals surface area contributed by atoms with Gasteiger partial charge in [-0.05, 0) is 35.2 Å². The highest BCUT2D eigenvalue weighted by molar-refractivity contribution is 7.07. The summed E-state index contributed by atoms with van der Waals surface area (Å²) < 4.78 is 5.46. The van der Waals surface area contributed by atoms with Crippen molar-refractivity contribution in [3.05, 3.63) is 22.4 Å². The van der Waals surface area contributed by atoms with Crippen molar-refractivity contribution >= 4 is 17.2 Å². The van der Waals surface area contributed by atoms with Gasteiger partial charge in [-0.3, -0.25) is 14.6 Å². The SMILES string of the molecule is NC(=O)C1CN(Cc2ccsc2)CCN(C2CCOCC2)C1. The number of amides is 1. The molecule has 0 aromatic carbocycles. The largest absolute Gasteiger partial charge is 0.381 e. The summed E-state index contributed by atoms with van der Waals surface area (Å²) in [6.45, 7) is 6.15. The molecule has 0 bridgehead atoms. The molecule has 3 rings (SSSR count). The van der Waals surface area contributed by atoms with Crippen molar-refractivity contribution in [1.29, 1.82) is 0 Å². The zero-order valence-electron chi connectivity index (χ0n) is 12.9. The highest BCUT2D eigenvalue weighted by atomic mass is 32.1. The Morgan fingerprint density at radius 1 is 1.32 bits per heavy atom. The van der Waals surface area contributed by atoms with Crippen LogP contribution in [0.4, 0.5) is 0 Å². The minimum Gasteiger partial charge on any atom is -0.381 e. The third-order valence-electron chi connectivity index (χ3n) is 4.73. The van der Waals surface area contributed by atoms with Crippen LogP contribution < -0.4 is 5.73 Å². The van der Waals surface area contributed by atoms with Gasteiger partial charge in [0.15, 0.2) is 0 Å². The Labute approximate surface area is 136 Å². The molecule has 0 spiro atoms. The number of carbonyl (C=O) groups is 1. The molecule has 1 aromatic heterocycles. The summed E-state index contributed by atoms with van der Waals surface area (Å²) in [5.41, 5.74) is 6.98. The first kappa shape index (κ1) is 15.9. The normalized spacial score (nSPS) is 25.9. The topological polar surface area (TPSA) is 58.8 Å². The predicted octanol–water partition coefficient (Wildman–Crippen LogP) is 1.15. The van der Waals surface area contributed by atoms with Crippen molar-refractivity contribution in [2.45, 2.75) is 25.4 Å². The second kappa shape index (κ2) is 7.55. The average molecular weight is 323 g/mol. The molecule has 0 radical (unpaired) electrons. The fourth-order valence-electron chi connectivity index (χ4n) is 3.45. The summed E-state index contributed by atoms with van der Waals surface area (Å²) in [6.07, 6.45) is 2.13. The van der Waals surface area contributed by atoms with Crippen molar-refractivity contribution in [2.75, 3.05) is 39.4 Å². The lowest BCUT2D eigenvalue weighted by atomic mass is 10.0. The number of ether oxygens (including phenoxy) is 1. The number of nitrogens with two attached hydrogens (primary N) is 1. The second-order valence-electron chi connectivity index (χ2n) is 6.30. The summed E-state index contributed by atoms with van der Waals surface area (Å²) >= 11 is 1.72. The molecule has 122 valence electrons. The molecule has 5 nitrogen and oxygen atoms in total. The zero-order valence-corrected chi connectivity index (χ0v) is 13.8. The van der Waals surface area contributed by atoms with Crippen molar-refractivity contribution < 1.29 is 9.53 Å². The molecular weight excluding hydrogens is 298 g/mol. The molecule has 22 heavy (non-hydrogen) atoms. The van der Waals surface area contributed by atoms with Gasteiger partial charge in [-0.25, -0.2) is 0 Å². The molecule has 1 atom stereocenters. The maximum absolute atomic E-state index is 11.8.